The summed E-state index contributed by atoms with van der Waals surface area (Å²) >= 11 is 0. The van der Waals surface area contributed by atoms with Crippen LogP contribution in [0, 0.1) is 0 Å². The molecule has 26 heavy (non-hydrogen) atoms. The summed E-state index contributed by atoms with van der Waals surface area (Å²) in [5.41, 5.74) is 6.31. The first-order valence-corrected chi connectivity index (χ1v) is 10.1. The summed E-state index contributed by atoms with van der Waals surface area (Å²) in [6.07, 6.45) is 5.41. The molecule has 0 saturated heterocycles. The molecule has 9 nitrogen and oxygen atoms in total. The summed E-state index contributed by atoms with van der Waals surface area (Å²) < 4.78 is 31.9. The van der Waals surface area contributed by atoms with Gasteiger partial charge in [0, 0.05) is 11.7 Å². The molecule has 2 N–H and O–H groups in total. The molecule has 0 aromatic carbocycles. The van der Waals surface area contributed by atoms with Crippen molar-refractivity contribution in [1.29, 1.82) is 0 Å². The summed E-state index contributed by atoms with van der Waals surface area (Å²) in [5.74, 6) is 0.330. The van der Waals surface area contributed by atoms with Crippen molar-refractivity contribution in [2.75, 3.05) is 25.6 Å². The maximum absolute atomic E-state index is 13.1. The van der Waals surface area contributed by atoms with Gasteiger partial charge in [0.1, 0.15) is 17.4 Å². The second-order valence-electron chi connectivity index (χ2n) is 6.18. The standard InChI is InChI=1S/C16H24N5O4P/c1-4-24-26(22,25-5-2)12-6-7-23-16(3,8-12)9-21-11-20-13-14(17)18-10-19-15(13)21/h8,10-11H,4-7,9H2,1-3H3,(H2,17,18,19). The van der Waals surface area contributed by atoms with Crippen LogP contribution in [0.15, 0.2) is 24.0 Å². The van der Waals surface area contributed by atoms with Crippen LogP contribution in [0.1, 0.15) is 27.2 Å². The van der Waals surface area contributed by atoms with Crippen molar-refractivity contribution in [3.8, 4) is 0 Å². The highest BCUT2D eigenvalue weighted by atomic mass is 31.2. The molecule has 0 fully saturated rings. The Morgan fingerprint density at radius 3 is 2.73 bits per heavy atom. The van der Waals surface area contributed by atoms with E-state index in [-0.39, 0.29) is 0 Å². The van der Waals surface area contributed by atoms with E-state index >= 15 is 0 Å². The van der Waals surface area contributed by atoms with Crippen molar-refractivity contribution >= 4 is 24.6 Å². The van der Waals surface area contributed by atoms with Crippen molar-refractivity contribution in [3.05, 3.63) is 24.0 Å². The number of ether oxygens (including phenoxy) is 1. The molecule has 0 radical (unpaired) electrons. The molecule has 10 heteroatoms. The van der Waals surface area contributed by atoms with Gasteiger partial charge in [-0.1, -0.05) is 0 Å². The fourth-order valence-corrected chi connectivity index (χ4v) is 4.94. The average Bonchev–Trinajstić information content (AvgIpc) is 2.99. The van der Waals surface area contributed by atoms with Crippen LogP contribution in [0.25, 0.3) is 11.2 Å². The first-order chi connectivity index (χ1) is 12.4. The second-order valence-corrected chi connectivity index (χ2v) is 8.27. The first-order valence-electron chi connectivity index (χ1n) is 8.57. The predicted octanol–water partition coefficient (Wildman–Crippen LogP) is 2.74. The van der Waals surface area contributed by atoms with E-state index in [2.05, 4.69) is 15.0 Å². The summed E-state index contributed by atoms with van der Waals surface area (Å²) in [6, 6.07) is 0. The third-order valence-electron chi connectivity index (χ3n) is 4.13. The topological polar surface area (TPSA) is 114 Å². The van der Waals surface area contributed by atoms with Gasteiger partial charge in [0.05, 0.1) is 32.7 Å². The van der Waals surface area contributed by atoms with Gasteiger partial charge in [0.2, 0.25) is 0 Å². The molecule has 1 atom stereocenters. The highest BCUT2D eigenvalue weighted by molar-refractivity contribution is 7.58. The monoisotopic (exact) mass is 381 g/mol. The van der Waals surface area contributed by atoms with Crippen LogP contribution in [0.5, 0.6) is 0 Å². The summed E-state index contributed by atoms with van der Waals surface area (Å²) in [6.45, 7) is 7.00. The minimum absolute atomic E-state index is 0.314. The molecule has 1 aliphatic rings. The number of hydrogen-bond donors (Lipinski definition) is 1. The van der Waals surface area contributed by atoms with Gasteiger partial charge in [-0.05, 0) is 26.8 Å². The Morgan fingerprint density at radius 1 is 1.31 bits per heavy atom. The van der Waals surface area contributed by atoms with Crippen LogP contribution in [0.3, 0.4) is 0 Å². The number of imidazole rings is 1. The minimum Gasteiger partial charge on any atom is -0.382 e. The minimum atomic E-state index is -3.31. The van der Waals surface area contributed by atoms with Crippen LogP contribution in [0.4, 0.5) is 5.82 Å². The molecule has 1 aliphatic heterocycles. The van der Waals surface area contributed by atoms with E-state index in [4.69, 9.17) is 19.5 Å². The van der Waals surface area contributed by atoms with E-state index in [1.165, 1.54) is 6.33 Å². The van der Waals surface area contributed by atoms with E-state index in [0.29, 0.717) is 55.1 Å². The van der Waals surface area contributed by atoms with E-state index in [9.17, 15) is 4.57 Å². The lowest BCUT2D eigenvalue weighted by Crippen LogP contribution is -2.35. The van der Waals surface area contributed by atoms with Crippen LogP contribution in [-0.2, 0) is 24.9 Å². The van der Waals surface area contributed by atoms with Crippen LogP contribution in [-0.4, -0.2) is 44.9 Å². The zero-order valence-corrected chi connectivity index (χ0v) is 16.1. The molecular formula is C16H24N5O4P. The van der Waals surface area contributed by atoms with Crippen molar-refractivity contribution < 1.29 is 18.3 Å². The SMILES string of the molecule is CCOP(=O)(OCC)C1=CC(C)(Cn2cnc3c(N)ncnc32)OCC1. The molecule has 142 valence electrons. The maximum Gasteiger partial charge on any atom is 0.357 e. The summed E-state index contributed by atoms with van der Waals surface area (Å²) in [7, 11) is -3.31. The molecule has 3 heterocycles. The van der Waals surface area contributed by atoms with Crippen LogP contribution in [0.2, 0.25) is 0 Å². The normalized spacial score (nSPS) is 21.1. The lowest BCUT2D eigenvalue weighted by atomic mass is 10.0. The molecule has 0 amide bonds. The first kappa shape index (κ1) is 19.0. The number of rotatable bonds is 7. The number of nitrogen functional groups attached to an aromatic ring is 1. The highest BCUT2D eigenvalue weighted by Crippen LogP contribution is 2.58. The van der Waals surface area contributed by atoms with Crippen molar-refractivity contribution in [2.45, 2.75) is 39.3 Å². The third kappa shape index (κ3) is 3.66. The van der Waals surface area contributed by atoms with Gasteiger partial charge < -0.3 is 24.1 Å². The van der Waals surface area contributed by atoms with E-state index < -0.39 is 13.2 Å². The van der Waals surface area contributed by atoms with Gasteiger partial charge in [0.25, 0.3) is 0 Å². The lowest BCUT2D eigenvalue weighted by Gasteiger charge is -2.34. The smallest absolute Gasteiger partial charge is 0.357 e. The van der Waals surface area contributed by atoms with E-state index in [1.54, 1.807) is 20.2 Å². The maximum atomic E-state index is 13.1. The Labute approximate surface area is 152 Å². The van der Waals surface area contributed by atoms with Crippen LogP contribution < -0.4 is 5.73 Å². The summed E-state index contributed by atoms with van der Waals surface area (Å²) in [4.78, 5) is 12.5. The van der Waals surface area contributed by atoms with Gasteiger partial charge in [-0.3, -0.25) is 4.57 Å². The molecule has 3 rings (SSSR count). The van der Waals surface area contributed by atoms with Gasteiger partial charge in [-0.2, -0.15) is 0 Å². The van der Waals surface area contributed by atoms with Crippen LogP contribution >= 0.6 is 7.60 Å². The fourth-order valence-electron chi connectivity index (χ4n) is 3.06. The van der Waals surface area contributed by atoms with E-state index in [1.807, 2.05) is 17.6 Å². The predicted molar refractivity (Wildman–Crippen MR) is 97.7 cm³/mol. The molecule has 1 unspecified atom stereocenters. The zero-order valence-electron chi connectivity index (χ0n) is 15.2. The largest absolute Gasteiger partial charge is 0.382 e. The molecule has 0 bridgehead atoms. The Kier molecular flexibility index (Phi) is 5.43. The Morgan fingerprint density at radius 2 is 2.04 bits per heavy atom. The molecule has 2 aromatic heterocycles. The number of nitrogens with two attached hydrogens (primary N) is 1. The molecule has 0 saturated carbocycles. The second kappa shape index (κ2) is 7.44. The fraction of sp³-hybridized carbons (Fsp3) is 0.562. The molecular weight excluding hydrogens is 357 g/mol. The van der Waals surface area contributed by atoms with Gasteiger partial charge >= 0.3 is 7.60 Å². The Balaban J connectivity index is 1.93. The zero-order chi connectivity index (χ0) is 18.8. The average molecular weight is 381 g/mol. The third-order valence-corrected chi connectivity index (χ3v) is 6.38. The Bertz CT molecular complexity index is 857. The van der Waals surface area contributed by atoms with Crippen molar-refractivity contribution in [2.24, 2.45) is 0 Å². The Hall–Kier alpha value is -1.80. The van der Waals surface area contributed by atoms with Crippen molar-refractivity contribution in [3.63, 3.8) is 0 Å². The quantitative estimate of drug-likeness (QED) is 0.728. The number of fused-ring (bicyclic) bond motifs is 1. The number of nitrogens with zero attached hydrogens (tertiary/aromatic N) is 4. The molecule has 2 aromatic rings. The van der Waals surface area contributed by atoms with Gasteiger partial charge in [-0.25, -0.2) is 15.0 Å². The molecule has 0 spiro atoms. The molecule has 0 aliphatic carbocycles. The number of aromatic nitrogens is 4. The number of hydrogen-bond acceptors (Lipinski definition) is 8. The van der Waals surface area contributed by atoms with E-state index in [0.717, 1.165) is 0 Å². The highest BCUT2D eigenvalue weighted by Gasteiger charge is 2.37. The number of anilines is 1. The lowest BCUT2D eigenvalue weighted by molar-refractivity contribution is -0.0134. The summed E-state index contributed by atoms with van der Waals surface area (Å²) in [5, 5.41) is 0.647. The van der Waals surface area contributed by atoms with Gasteiger partial charge in [0.15, 0.2) is 11.5 Å². The van der Waals surface area contributed by atoms with Gasteiger partial charge in [-0.15, -0.1) is 0 Å². The van der Waals surface area contributed by atoms with Crippen molar-refractivity contribution in [1.82, 2.24) is 19.5 Å².